The van der Waals surface area contributed by atoms with Crippen molar-refractivity contribution in [2.45, 2.75) is 13.3 Å². The molecular weight excluding hydrogens is 166 g/mol. The lowest BCUT2D eigenvalue weighted by Gasteiger charge is -2.10. The van der Waals surface area contributed by atoms with Gasteiger partial charge < -0.3 is 14.4 Å². The number of rotatable bonds is 8. The molecule has 0 heterocycles. The largest absolute Gasteiger partial charge is 0.379 e. The van der Waals surface area contributed by atoms with Crippen LogP contribution in [-0.4, -0.2) is 44.9 Å². The van der Waals surface area contributed by atoms with E-state index in [1.807, 2.05) is 7.05 Å². The second-order valence-electron chi connectivity index (χ2n) is 2.78. The molecule has 0 N–H and O–H groups in total. The van der Waals surface area contributed by atoms with Crippen LogP contribution in [0.5, 0.6) is 0 Å². The Hall–Kier alpha value is -0.720. The van der Waals surface area contributed by atoms with Gasteiger partial charge in [-0.05, 0) is 6.42 Å². The normalized spacial score (nSPS) is 9.62. The van der Waals surface area contributed by atoms with Gasteiger partial charge >= 0.3 is 0 Å². The van der Waals surface area contributed by atoms with Crippen molar-refractivity contribution in [1.82, 2.24) is 4.90 Å². The third-order valence-electron chi connectivity index (χ3n) is 1.51. The number of likely N-dealkylation sites (N-methyl/N-ethyl adjacent to an activating group) is 1. The molecule has 0 aliphatic carbocycles. The highest BCUT2D eigenvalue weighted by Gasteiger charge is 1.91. The Balaban J connectivity index is 2.96. The van der Waals surface area contributed by atoms with Crippen molar-refractivity contribution < 1.29 is 9.47 Å². The van der Waals surface area contributed by atoms with Gasteiger partial charge in [-0.15, -0.1) is 0 Å². The third kappa shape index (κ3) is 9.19. The van der Waals surface area contributed by atoms with Crippen LogP contribution in [0.3, 0.4) is 0 Å². The van der Waals surface area contributed by atoms with E-state index < -0.39 is 0 Å². The second kappa shape index (κ2) is 9.37. The molecule has 13 heavy (non-hydrogen) atoms. The molecule has 0 fully saturated rings. The predicted molar refractivity (Wildman–Crippen MR) is 53.4 cm³/mol. The van der Waals surface area contributed by atoms with Crippen LogP contribution in [0.25, 0.3) is 0 Å². The third-order valence-corrected chi connectivity index (χ3v) is 1.51. The van der Waals surface area contributed by atoms with E-state index >= 15 is 0 Å². The standard InChI is InChI=1S/C10H19NO2/c1-4-7-12-9-10-13-8-6-11(3)5-2/h2H,4,6-10H2,1,3H3. The van der Waals surface area contributed by atoms with Crippen molar-refractivity contribution in [2.75, 3.05) is 40.0 Å². The predicted octanol–water partition coefficient (Wildman–Crippen LogP) is 0.952. The quantitative estimate of drug-likeness (QED) is 0.319. The number of terminal acetylenes is 1. The molecule has 0 unspecified atom stereocenters. The van der Waals surface area contributed by atoms with Crippen molar-refractivity contribution >= 4 is 0 Å². The molecule has 0 aliphatic heterocycles. The zero-order chi connectivity index (χ0) is 9.94. The first-order valence-electron chi connectivity index (χ1n) is 4.64. The second-order valence-corrected chi connectivity index (χ2v) is 2.78. The minimum absolute atomic E-state index is 0.651. The molecule has 3 heteroatoms. The number of hydrogen-bond acceptors (Lipinski definition) is 3. The van der Waals surface area contributed by atoms with E-state index in [1.165, 1.54) is 0 Å². The summed E-state index contributed by atoms with van der Waals surface area (Å²) >= 11 is 0. The van der Waals surface area contributed by atoms with Crippen LogP contribution < -0.4 is 0 Å². The summed E-state index contributed by atoms with van der Waals surface area (Å²) in [7, 11) is 1.86. The smallest absolute Gasteiger partial charge is 0.0701 e. The fraction of sp³-hybridized carbons (Fsp3) is 0.800. The summed E-state index contributed by atoms with van der Waals surface area (Å²) in [6, 6.07) is 2.50. The SMILES string of the molecule is C#CN(C)CCOCCOCCC. The summed E-state index contributed by atoms with van der Waals surface area (Å²) in [5, 5.41) is 0. The first-order chi connectivity index (χ1) is 6.31. The van der Waals surface area contributed by atoms with Crippen LogP contribution in [0, 0.1) is 12.5 Å². The molecule has 0 aromatic heterocycles. The molecule has 0 rings (SSSR count). The summed E-state index contributed by atoms with van der Waals surface area (Å²) < 4.78 is 10.5. The lowest BCUT2D eigenvalue weighted by molar-refractivity contribution is 0.0447. The first kappa shape index (κ1) is 12.3. The average Bonchev–Trinajstić information content (AvgIpc) is 2.16. The van der Waals surface area contributed by atoms with E-state index in [9.17, 15) is 0 Å². The number of nitrogens with zero attached hydrogens (tertiary/aromatic N) is 1. The van der Waals surface area contributed by atoms with E-state index in [-0.39, 0.29) is 0 Å². The minimum atomic E-state index is 0.651. The van der Waals surface area contributed by atoms with Gasteiger partial charge in [0.15, 0.2) is 0 Å². The fourth-order valence-corrected chi connectivity index (χ4v) is 0.732. The topological polar surface area (TPSA) is 21.7 Å². The van der Waals surface area contributed by atoms with Crippen LogP contribution >= 0.6 is 0 Å². The van der Waals surface area contributed by atoms with Gasteiger partial charge in [-0.25, -0.2) is 0 Å². The summed E-state index contributed by atoms with van der Waals surface area (Å²) in [6.07, 6.45) is 6.20. The van der Waals surface area contributed by atoms with Crippen molar-refractivity contribution in [3.63, 3.8) is 0 Å². The highest BCUT2D eigenvalue weighted by atomic mass is 16.5. The molecule has 0 atom stereocenters. The van der Waals surface area contributed by atoms with Crippen molar-refractivity contribution in [1.29, 1.82) is 0 Å². The van der Waals surface area contributed by atoms with Crippen molar-refractivity contribution in [3.05, 3.63) is 0 Å². The zero-order valence-corrected chi connectivity index (χ0v) is 8.58. The number of hydrogen-bond donors (Lipinski definition) is 0. The fourth-order valence-electron chi connectivity index (χ4n) is 0.732. The van der Waals surface area contributed by atoms with Crippen molar-refractivity contribution in [2.24, 2.45) is 0 Å². The van der Waals surface area contributed by atoms with Gasteiger partial charge in [-0.2, -0.15) is 0 Å². The van der Waals surface area contributed by atoms with E-state index in [2.05, 4.69) is 13.0 Å². The van der Waals surface area contributed by atoms with Crippen LogP contribution in [0.1, 0.15) is 13.3 Å². The van der Waals surface area contributed by atoms with Crippen LogP contribution in [-0.2, 0) is 9.47 Å². The zero-order valence-electron chi connectivity index (χ0n) is 8.58. The van der Waals surface area contributed by atoms with Crippen LogP contribution in [0.4, 0.5) is 0 Å². The average molecular weight is 185 g/mol. The molecule has 76 valence electrons. The van der Waals surface area contributed by atoms with Crippen LogP contribution in [0.15, 0.2) is 0 Å². The van der Waals surface area contributed by atoms with Gasteiger partial charge in [0.2, 0.25) is 0 Å². The Morgan fingerprint density at radius 1 is 1.15 bits per heavy atom. The minimum Gasteiger partial charge on any atom is -0.379 e. The van der Waals surface area contributed by atoms with Crippen LogP contribution in [0.2, 0.25) is 0 Å². The van der Waals surface area contributed by atoms with Crippen molar-refractivity contribution in [3.8, 4) is 12.5 Å². The van der Waals surface area contributed by atoms with Gasteiger partial charge in [-0.3, -0.25) is 0 Å². The van der Waals surface area contributed by atoms with Gasteiger partial charge in [0.25, 0.3) is 0 Å². The van der Waals surface area contributed by atoms with E-state index in [4.69, 9.17) is 15.9 Å². The van der Waals surface area contributed by atoms with Gasteiger partial charge in [-0.1, -0.05) is 13.3 Å². The molecule has 0 amide bonds. The van der Waals surface area contributed by atoms with E-state index in [1.54, 1.807) is 4.90 Å². The molecule has 0 bridgehead atoms. The van der Waals surface area contributed by atoms with E-state index in [0.29, 0.717) is 19.8 Å². The molecule has 0 spiro atoms. The molecule has 0 aromatic rings. The Morgan fingerprint density at radius 2 is 1.77 bits per heavy atom. The Kier molecular flexibility index (Phi) is 8.85. The monoisotopic (exact) mass is 185 g/mol. The summed E-state index contributed by atoms with van der Waals surface area (Å²) in [4.78, 5) is 1.76. The van der Waals surface area contributed by atoms with E-state index in [0.717, 1.165) is 19.6 Å². The summed E-state index contributed by atoms with van der Waals surface area (Å²) in [5.41, 5.74) is 0. The molecule has 3 nitrogen and oxygen atoms in total. The molecule has 0 aromatic carbocycles. The lowest BCUT2D eigenvalue weighted by atomic mass is 10.5. The summed E-state index contributed by atoms with van der Waals surface area (Å²) in [6.45, 7) is 5.66. The molecule has 0 aliphatic rings. The molecule has 0 radical (unpaired) electrons. The Bertz CT molecular complexity index is 142. The first-order valence-corrected chi connectivity index (χ1v) is 4.64. The highest BCUT2D eigenvalue weighted by Crippen LogP contribution is 1.83. The van der Waals surface area contributed by atoms with Gasteiger partial charge in [0, 0.05) is 26.2 Å². The number of ether oxygens (including phenoxy) is 2. The molecule has 0 saturated heterocycles. The van der Waals surface area contributed by atoms with Gasteiger partial charge in [0.05, 0.1) is 19.8 Å². The highest BCUT2D eigenvalue weighted by molar-refractivity contribution is 4.81. The maximum atomic E-state index is 5.29. The summed E-state index contributed by atoms with van der Waals surface area (Å²) in [5.74, 6) is 0. The maximum absolute atomic E-state index is 5.29. The Labute approximate surface area is 81.0 Å². The van der Waals surface area contributed by atoms with Gasteiger partial charge in [0.1, 0.15) is 0 Å². The molecular formula is C10H19NO2. The maximum Gasteiger partial charge on any atom is 0.0701 e. The lowest BCUT2D eigenvalue weighted by Crippen LogP contribution is -2.18. The Morgan fingerprint density at radius 3 is 2.31 bits per heavy atom. The molecule has 0 saturated carbocycles.